The summed E-state index contributed by atoms with van der Waals surface area (Å²) in [5.74, 6) is 0.422. The monoisotopic (exact) mass is 487 g/mol. The van der Waals surface area contributed by atoms with Crippen LogP contribution in [0.2, 0.25) is 0 Å². The predicted molar refractivity (Wildman–Crippen MR) is 137 cm³/mol. The van der Waals surface area contributed by atoms with Crippen LogP contribution in [0.3, 0.4) is 0 Å². The van der Waals surface area contributed by atoms with Crippen LogP contribution < -0.4 is 11.1 Å². The van der Waals surface area contributed by atoms with Crippen molar-refractivity contribution >= 4 is 37.9 Å². The molecule has 0 saturated carbocycles. The van der Waals surface area contributed by atoms with Crippen molar-refractivity contribution in [3.8, 4) is 11.3 Å². The zero-order valence-corrected chi connectivity index (χ0v) is 20.4. The molecule has 35 heavy (non-hydrogen) atoms. The molecular weight excluding hydrogens is 462 g/mol. The predicted octanol–water partition coefficient (Wildman–Crippen LogP) is 4.06. The third-order valence-electron chi connectivity index (χ3n) is 5.83. The molecule has 0 fully saturated rings. The number of nitrogens with zero attached hydrogens (tertiary/aromatic N) is 5. The first-order valence-electron chi connectivity index (χ1n) is 11.1. The molecule has 0 radical (unpaired) electrons. The quantitative estimate of drug-likeness (QED) is 0.343. The van der Waals surface area contributed by atoms with Crippen molar-refractivity contribution in [1.82, 2.24) is 24.6 Å². The van der Waals surface area contributed by atoms with Crippen molar-refractivity contribution in [2.75, 3.05) is 17.3 Å². The number of fused-ring (bicyclic) bond motifs is 2. The Bertz CT molecular complexity index is 1680. The average molecular weight is 488 g/mol. The second kappa shape index (κ2) is 8.62. The van der Waals surface area contributed by atoms with E-state index in [1.807, 2.05) is 62.4 Å². The van der Waals surface area contributed by atoms with Crippen LogP contribution in [0, 0.1) is 0 Å². The van der Waals surface area contributed by atoms with Gasteiger partial charge in [-0.2, -0.15) is 19.6 Å². The van der Waals surface area contributed by atoms with Gasteiger partial charge in [-0.05, 0) is 35.1 Å². The molecule has 3 heterocycles. The fourth-order valence-electron chi connectivity index (χ4n) is 4.05. The van der Waals surface area contributed by atoms with Crippen molar-refractivity contribution in [2.24, 2.45) is 0 Å². The summed E-state index contributed by atoms with van der Waals surface area (Å²) in [7, 11) is -3.62. The van der Waals surface area contributed by atoms with E-state index in [0.717, 1.165) is 39.4 Å². The number of nitrogens with two attached hydrogens (primary N) is 1. The molecule has 0 spiro atoms. The van der Waals surface area contributed by atoms with E-state index in [1.165, 1.54) is 0 Å². The highest BCUT2D eigenvalue weighted by Gasteiger charge is 2.20. The normalized spacial score (nSPS) is 12.0. The maximum Gasteiger partial charge on any atom is 0.252 e. The summed E-state index contributed by atoms with van der Waals surface area (Å²) in [5, 5.41) is 9.45. The first-order valence-corrected chi connectivity index (χ1v) is 13.0. The standard InChI is InChI=1S/C25H25N7O2S/c1-15(2)21-14-29-32-23(21)30-25(35(3,33)34)31-24(32)28-13-17-6-4-5-7-19(17)22-20-9-8-18(26)12-16(20)10-11-27-22/h4-12,14-15H,13,26H2,1-3H3,(H,28,30,31). The molecule has 178 valence electrons. The zero-order chi connectivity index (χ0) is 24.7. The Labute approximate surface area is 203 Å². The molecule has 3 N–H and O–H groups in total. The van der Waals surface area contributed by atoms with Gasteiger partial charge in [0.25, 0.3) is 5.16 Å². The van der Waals surface area contributed by atoms with Crippen LogP contribution in [-0.2, 0) is 16.4 Å². The number of rotatable bonds is 6. The van der Waals surface area contributed by atoms with Crippen LogP contribution in [0.4, 0.5) is 11.6 Å². The molecule has 5 aromatic rings. The Morgan fingerprint density at radius 1 is 1.09 bits per heavy atom. The minimum Gasteiger partial charge on any atom is -0.399 e. The lowest BCUT2D eigenvalue weighted by Crippen LogP contribution is -2.14. The Balaban J connectivity index is 1.58. The third-order valence-corrected chi connectivity index (χ3v) is 6.67. The van der Waals surface area contributed by atoms with Gasteiger partial charge in [-0.1, -0.05) is 44.2 Å². The summed E-state index contributed by atoms with van der Waals surface area (Å²) in [6.45, 7) is 4.39. The largest absolute Gasteiger partial charge is 0.399 e. The minimum absolute atomic E-state index is 0.120. The first-order chi connectivity index (χ1) is 16.7. The summed E-state index contributed by atoms with van der Waals surface area (Å²) in [6, 6.07) is 15.6. The molecule has 0 unspecified atom stereocenters. The van der Waals surface area contributed by atoms with Crippen LogP contribution in [-0.4, -0.2) is 39.2 Å². The summed E-state index contributed by atoms with van der Waals surface area (Å²) >= 11 is 0. The number of anilines is 2. The second-order valence-electron chi connectivity index (χ2n) is 8.74. The first kappa shape index (κ1) is 22.7. The van der Waals surface area contributed by atoms with Crippen molar-refractivity contribution in [1.29, 1.82) is 0 Å². The summed E-state index contributed by atoms with van der Waals surface area (Å²) in [6.07, 6.45) is 4.57. The van der Waals surface area contributed by atoms with Gasteiger partial charge in [-0.25, -0.2) is 8.42 Å². The van der Waals surface area contributed by atoms with E-state index in [-0.39, 0.29) is 11.1 Å². The number of hydrogen-bond donors (Lipinski definition) is 2. The van der Waals surface area contributed by atoms with Crippen LogP contribution in [0.25, 0.3) is 27.7 Å². The Morgan fingerprint density at radius 3 is 2.66 bits per heavy atom. The highest BCUT2D eigenvalue weighted by molar-refractivity contribution is 7.90. The molecule has 0 bridgehead atoms. The maximum absolute atomic E-state index is 12.3. The molecule has 3 aromatic heterocycles. The van der Waals surface area contributed by atoms with Crippen LogP contribution in [0.5, 0.6) is 0 Å². The highest BCUT2D eigenvalue weighted by atomic mass is 32.2. The van der Waals surface area contributed by atoms with Gasteiger partial charge < -0.3 is 11.1 Å². The molecule has 2 aromatic carbocycles. The Hall–Kier alpha value is -4.05. The molecule has 0 atom stereocenters. The van der Waals surface area contributed by atoms with E-state index in [4.69, 9.17) is 5.73 Å². The molecule has 0 amide bonds. The molecule has 9 nitrogen and oxygen atoms in total. The number of hydrogen-bond acceptors (Lipinski definition) is 8. The van der Waals surface area contributed by atoms with Gasteiger partial charge in [0, 0.05) is 41.2 Å². The fourth-order valence-corrected chi connectivity index (χ4v) is 4.56. The van der Waals surface area contributed by atoms with Gasteiger partial charge >= 0.3 is 0 Å². The van der Waals surface area contributed by atoms with Gasteiger partial charge in [0.05, 0.1) is 11.9 Å². The number of aromatic nitrogens is 5. The Morgan fingerprint density at radius 2 is 1.89 bits per heavy atom. The maximum atomic E-state index is 12.3. The molecule has 0 aliphatic rings. The Kier molecular flexibility index (Phi) is 5.60. The van der Waals surface area contributed by atoms with Crippen molar-refractivity contribution in [2.45, 2.75) is 31.5 Å². The van der Waals surface area contributed by atoms with Gasteiger partial charge in [-0.3, -0.25) is 4.98 Å². The summed E-state index contributed by atoms with van der Waals surface area (Å²) in [5.41, 5.74) is 10.7. The number of nitrogens with one attached hydrogen (secondary N) is 1. The number of benzene rings is 2. The van der Waals surface area contributed by atoms with E-state index in [9.17, 15) is 8.42 Å². The summed E-state index contributed by atoms with van der Waals surface area (Å²) in [4.78, 5) is 13.2. The van der Waals surface area contributed by atoms with Crippen molar-refractivity contribution < 1.29 is 8.42 Å². The van der Waals surface area contributed by atoms with E-state index in [0.29, 0.717) is 23.8 Å². The molecule has 0 aliphatic heterocycles. The van der Waals surface area contributed by atoms with Crippen molar-refractivity contribution in [3.05, 3.63) is 72.1 Å². The molecule has 5 rings (SSSR count). The lowest BCUT2D eigenvalue weighted by molar-refractivity contribution is 0.592. The fraction of sp³-hybridized carbons (Fsp3) is 0.200. The van der Waals surface area contributed by atoms with Gasteiger partial charge in [0.2, 0.25) is 15.8 Å². The zero-order valence-electron chi connectivity index (χ0n) is 19.6. The lowest BCUT2D eigenvalue weighted by atomic mass is 9.99. The van der Waals surface area contributed by atoms with E-state index in [2.05, 4.69) is 25.4 Å². The van der Waals surface area contributed by atoms with E-state index in [1.54, 1.807) is 16.9 Å². The number of pyridine rings is 1. The third kappa shape index (κ3) is 4.28. The van der Waals surface area contributed by atoms with Gasteiger partial charge in [0.1, 0.15) is 0 Å². The van der Waals surface area contributed by atoms with E-state index >= 15 is 0 Å². The molecule has 10 heteroatoms. The van der Waals surface area contributed by atoms with Gasteiger partial charge in [-0.15, -0.1) is 0 Å². The molecule has 0 aliphatic carbocycles. The number of nitrogen functional groups attached to an aromatic ring is 1. The van der Waals surface area contributed by atoms with Crippen LogP contribution >= 0.6 is 0 Å². The topological polar surface area (TPSA) is 128 Å². The summed E-state index contributed by atoms with van der Waals surface area (Å²) < 4.78 is 26.1. The van der Waals surface area contributed by atoms with Crippen LogP contribution in [0.1, 0.15) is 30.9 Å². The molecular formula is C25H25N7O2S. The van der Waals surface area contributed by atoms with Gasteiger partial charge in [0.15, 0.2) is 5.65 Å². The molecule has 0 saturated heterocycles. The average Bonchev–Trinajstić information content (AvgIpc) is 3.26. The second-order valence-corrected chi connectivity index (χ2v) is 10.7. The van der Waals surface area contributed by atoms with Crippen LogP contribution in [0.15, 0.2) is 66.1 Å². The smallest absolute Gasteiger partial charge is 0.252 e. The minimum atomic E-state index is -3.62. The number of sulfone groups is 1. The SMILES string of the molecule is CC(C)c1cnn2c(NCc3ccccc3-c3nccc4cc(N)ccc34)nc(S(C)(=O)=O)nc12. The highest BCUT2D eigenvalue weighted by Crippen LogP contribution is 2.30. The van der Waals surface area contributed by atoms with E-state index < -0.39 is 9.84 Å². The lowest BCUT2D eigenvalue weighted by Gasteiger charge is -2.14. The van der Waals surface area contributed by atoms with Crippen molar-refractivity contribution in [3.63, 3.8) is 0 Å².